The molecule has 6 nitrogen and oxygen atoms in total. The molecule has 0 spiro atoms. The third-order valence-electron chi connectivity index (χ3n) is 3.84. The van der Waals surface area contributed by atoms with Gasteiger partial charge < -0.3 is 24.3 Å². The lowest BCUT2D eigenvalue weighted by Gasteiger charge is -2.22. The maximum atomic E-state index is 5.46. The van der Waals surface area contributed by atoms with E-state index >= 15 is 0 Å². The van der Waals surface area contributed by atoms with Crippen LogP contribution >= 0.6 is 0 Å². The van der Waals surface area contributed by atoms with Crippen molar-refractivity contribution >= 4 is 16.9 Å². The molecule has 132 valence electrons. The highest BCUT2D eigenvalue weighted by Crippen LogP contribution is 2.31. The molecule has 0 saturated heterocycles. The van der Waals surface area contributed by atoms with Crippen molar-refractivity contribution in [3.63, 3.8) is 0 Å². The van der Waals surface area contributed by atoms with Crippen LogP contribution in [0.1, 0.15) is 12.1 Å². The van der Waals surface area contributed by atoms with Gasteiger partial charge in [-0.05, 0) is 18.9 Å². The summed E-state index contributed by atoms with van der Waals surface area (Å²) in [5.41, 5.74) is 2.22. The van der Waals surface area contributed by atoms with E-state index in [-0.39, 0.29) is 0 Å². The summed E-state index contributed by atoms with van der Waals surface area (Å²) in [5, 5.41) is 1.08. The zero-order chi connectivity index (χ0) is 17.7. The highest BCUT2D eigenvalue weighted by molar-refractivity contribution is 5.88. The monoisotopic (exact) mass is 332 g/mol. The highest BCUT2D eigenvalue weighted by Gasteiger charge is 2.09. The van der Waals surface area contributed by atoms with Crippen molar-refractivity contribution < 1.29 is 9.47 Å². The van der Waals surface area contributed by atoms with E-state index < -0.39 is 0 Å². The third kappa shape index (κ3) is 4.13. The van der Waals surface area contributed by atoms with E-state index in [0.29, 0.717) is 0 Å². The first-order valence-corrected chi connectivity index (χ1v) is 8.09. The van der Waals surface area contributed by atoms with Gasteiger partial charge in [0.1, 0.15) is 11.5 Å². The van der Waals surface area contributed by atoms with Crippen molar-refractivity contribution in [3.8, 4) is 11.5 Å². The number of guanidine groups is 1. The molecule has 0 aliphatic heterocycles. The number of hydrogen-bond acceptors (Lipinski definition) is 3. The van der Waals surface area contributed by atoms with E-state index in [1.54, 1.807) is 14.2 Å². The van der Waals surface area contributed by atoms with Gasteiger partial charge in [0.25, 0.3) is 0 Å². The number of ether oxygens (including phenoxy) is 2. The number of nitrogens with zero attached hydrogens (tertiary/aromatic N) is 3. The summed E-state index contributed by atoms with van der Waals surface area (Å²) in [5.74, 6) is 2.60. The van der Waals surface area contributed by atoms with Gasteiger partial charge in [0.2, 0.25) is 0 Å². The Bertz CT molecular complexity index is 694. The molecule has 0 unspecified atom stereocenters. The summed E-state index contributed by atoms with van der Waals surface area (Å²) in [6.45, 7) is 0.793. The van der Waals surface area contributed by atoms with Gasteiger partial charge >= 0.3 is 0 Å². The van der Waals surface area contributed by atoms with Crippen LogP contribution in [0.4, 0.5) is 0 Å². The van der Waals surface area contributed by atoms with E-state index in [1.807, 2.05) is 50.1 Å². The number of aromatic amines is 1. The van der Waals surface area contributed by atoms with Crippen molar-refractivity contribution in [1.82, 2.24) is 14.8 Å². The first kappa shape index (κ1) is 18.0. The Hall–Kier alpha value is -2.37. The lowest BCUT2D eigenvalue weighted by Crippen LogP contribution is -2.35. The average molecular weight is 332 g/mol. The summed E-state index contributed by atoms with van der Waals surface area (Å²) >= 11 is 0. The van der Waals surface area contributed by atoms with Gasteiger partial charge in [-0.1, -0.05) is 0 Å². The molecule has 1 aromatic heterocycles. The van der Waals surface area contributed by atoms with E-state index in [0.717, 1.165) is 47.7 Å². The molecule has 0 bridgehead atoms. The maximum Gasteiger partial charge on any atom is 0.195 e. The second-order valence-electron chi connectivity index (χ2n) is 6.16. The van der Waals surface area contributed by atoms with E-state index in [2.05, 4.69) is 16.0 Å². The number of H-pyrrole nitrogens is 1. The van der Waals surface area contributed by atoms with Crippen LogP contribution in [-0.2, 0) is 6.42 Å². The summed E-state index contributed by atoms with van der Waals surface area (Å²) in [6, 6.07) is 6.05. The number of aromatic nitrogens is 1. The molecule has 6 heteroatoms. The van der Waals surface area contributed by atoms with Crippen LogP contribution in [0.2, 0.25) is 0 Å². The van der Waals surface area contributed by atoms with Gasteiger partial charge in [-0.2, -0.15) is 0 Å². The number of nitrogens with one attached hydrogen (secondary N) is 1. The van der Waals surface area contributed by atoms with Gasteiger partial charge in [0.05, 0.1) is 19.7 Å². The van der Waals surface area contributed by atoms with Crippen LogP contribution in [0.3, 0.4) is 0 Å². The number of aliphatic imine (C=N–C) groups is 1. The van der Waals surface area contributed by atoms with Crippen LogP contribution in [-0.4, -0.2) is 69.7 Å². The normalized spacial score (nSPS) is 10.6. The zero-order valence-corrected chi connectivity index (χ0v) is 15.5. The number of methoxy groups -OCH3 is 2. The quantitative estimate of drug-likeness (QED) is 0.502. The van der Waals surface area contributed by atoms with Crippen LogP contribution < -0.4 is 9.47 Å². The highest BCUT2D eigenvalue weighted by atomic mass is 16.5. The van der Waals surface area contributed by atoms with Gasteiger partial charge in [0, 0.05) is 57.9 Å². The van der Waals surface area contributed by atoms with Crippen molar-refractivity contribution in [2.75, 3.05) is 49.0 Å². The molecule has 1 aromatic carbocycles. The van der Waals surface area contributed by atoms with Crippen molar-refractivity contribution in [2.24, 2.45) is 4.99 Å². The largest absolute Gasteiger partial charge is 0.497 e. The molecular weight excluding hydrogens is 304 g/mol. The van der Waals surface area contributed by atoms with E-state index in [4.69, 9.17) is 9.47 Å². The smallest absolute Gasteiger partial charge is 0.195 e. The number of hydrogen-bond donors (Lipinski definition) is 1. The molecule has 0 aliphatic rings. The molecule has 2 rings (SSSR count). The van der Waals surface area contributed by atoms with Gasteiger partial charge in [-0.3, -0.25) is 4.99 Å². The Balaban J connectivity index is 2.07. The Morgan fingerprint density at radius 3 is 2.33 bits per heavy atom. The second-order valence-corrected chi connectivity index (χ2v) is 6.16. The Morgan fingerprint density at radius 2 is 1.75 bits per heavy atom. The Labute approximate surface area is 144 Å². The Kier molecular flexibility index (Phi) is 5.95. The maximum absolute atomic E-state index is 5.46. The zero-order valence-electron chi connectivity index (χ0n) is 15.5. The van der Waals surface area contributed by atoms with Crippen molar-refractivity contribution in [2.45, 2.75) is 12.8 Å². The molecule has 0 saturated carbocycles. The molecule has 0 atom stereocenters. The first-order chi connectivity index (χ1) is 11.5. The molecule has 1 heterocycles. The van der Waals surface area contributed by atoms with Crippen LogP contribution in [0.5, 0.6) is 11.5 Å². The molecule has 2 aromatic rings. The average Bonchev–Trinajstić information content (AvgIpc) is 2.95. The standard InChI is InChI=1S/C18H28N4O2/c1-21(2)18(22(3)4)19-9-7-8-13-10-15-16(20-13)11-14(23-5)12-17(15)24-6/h10-12,20H,7-9H2,1-6H3. The SMILES string of the molecule is COc1cc(OC)c2cc(CCCN=C(N(C)C)N(C)C)[nH]c2c1. The summed E-state index contributed by atoms with van der Waals surface area (Å²) in [7, 11) is 11.4. The predicted molar refractivity (Wildman–Crippen MR) is 99.4 cm³/mol. The van der Waals surface area contributed by atoms with Gasteiger partial charge in [0.15, 0.2) is 5.96 Å². The first-order valence-electron chi connectivity index (χ1n) is 8.09. The lowest BCUT2D eigenvalue weighted by atomic mass is 10.2. The number of rotatable bonds is 6. The molecule has 0 fully saturated rings. The van der Waals surface area contributed by atoms with Crippen molar-refractivity contribution in [3.05, 3.63) is 23.9 Å². The van der Waals surface area contributed by atoms with E-state index in [9.17, 15) is 0 Å². The number of fused-ring (bicyclic) bond motifs is 1. The van der Waals surface area contributed by atoms with Gasteiger partial charge in [-0.25, -0.2) is 0 Å². The number of aryl methyl sites for hydroxylation is 1. The topological polar surface area (TPSA) is 53.1 Å². The molecule has 0 amide bonds. The fourth-order valence-electron chi connectivity index (χ4n) is 2.79. The summed E-state index contributed by atoms with van der Waals surface area (Å²) < 4.78 is 10.8. The minimum atomic E-state index is 0.791. The molecule has 24 heavy (non-hydrogen) atoms. The second kappa shape index (κ2) is 7.95. The minimum Gasteiger partial charge on any atom is -0.497 e. The molecule has 0 aliphatic carbocycles. The van der Waals surface area contributed by atoms with Gasteiger partial charge in [-0.15, -0.1) is 0 Å². The molecular formula is C18H28N4O2. The fraction of sp³-hybridized carbons (Fsp3) is 0.500. The summed E-state index contributed by atoms with van der Waals surface area (Å²) in [6.07, 6.45) is 1.93. The van der Waals surface area contributed by atoms with Crippen molar-refractivity contribution in [1.29, 1.82) is 0 Å². The molecule has 0 radical (unpaired) electrons. The van der Waals surface area contributed by atoms with Crippen LogP contribution in [0.15, 0.2) is 23.2 Å². The van der Waals surface area contributed by atoms with Crippen LogP contribution in [0.25, 0.3) is 10.9 Å². The lowest BCUT2D eigenvalue weighted by molar-refractivity contribution is 0.398. The molecule has 1 N–H and O–H groups in total. The fourth-order valence-corrected chi connectivity index (χ4v) is 2.79. The Morgan fingerprint density at radius 1 is 1.04 bits per heavy atom. The summed E-state index contributed by atoms with van der Waals surface area (Å²) in [4.78, 5) is 12.2. The minimum absolute atomic E-state index is 0.791. The third-order valence-corrected chi connectivity index (χ3v) is 3.84. The van der Waals surface area contributed by atoms with Crippen LogP contribution in [0, 0.1) is 0 Å². The predicted octanol–water partition coefficient (Wildman–Crippen LogP) is 2.60. The van der Waals surface area contributed by atoms with E-state index in [1.165, 1.54) is 5.69 Å². The number of benzene rings is 1.